The SMILES string of the molecule is NC(=O)N(O)CC#CCc1ccc(Cc2ccccc2)s1. The molecule has 0 saturated heterocycles. The molecule has 0 unspecified atom stereocenters. The summed E-state index contributed by atoms with van der Waals surface area (Å²) >= 11 is 1.72. The molecule has 1 aromatic carbocycles. The summed E-state index contributed by atoms with van der Waals surface area (Å²) in [5.74, 6) is 5.62. The molecule has 5 heteroatoms. The quantitative estimate of drug-likeness (QED) is 0.518. The molecule has 0 aliphatic heterocycles. The van der Waals surface area contributed by atoms with Crippen molar-refractivity contribution in [1.82, 2.24) is 5.06 Å². The third-order valence-corrected chi connectivity index (χ3v) is 3.89. The first-order valence-electron chi connectivity index (χ1n) is 6.48. The number of carbonyl (C=O) groups is 1. The lowest BCUT2D eigenvalue weighted by molar-refractivity contribution is -0.0269. The van der Waals surface area contributed by atoms with Crippen LogP contribution in [0.3, 0.4) is 0 Å². The van der Waals surface area contributed by atoms with E-state index < -0.39 is 6.03 Å². The normalized spacial score (nSPS) is 9.76. The molecule has 108 valence electrons. The smallest absolute Gasteiger partial charge is 0.339 e. The third-order valence-electron chi connectivity index (χ3n) is 2.81. The van der Waals surface area contributed by atoms with Gasteiger partial charge in [0.1, 0.15) is 6.54 Å². The second-order valence-electron chi connectivity index (χ2n) is 4.46. The minimum absolute atomic E-state index is 0.0718. The number of hydroxylamine groups is 2. The molecule has 21 heavy (non-hydrogen) atoms. The minimum atomic E-state index is -0.898. The van der Waals surface area contributed by atoms with Gasteiger partial charge in [-0.3, -0.25) is 5.21 Å². The lowest BCUT2D eigenvalue weighted by Crippen LogP contribution is -2.32. The Labute approximate surface area is 127 Å². The number of rotatable bonds is 4. The van der Waals surface area contributed by atoms with Crippen LogP contribution in [0.2, 0.25) is 0 Å². The molecule has 3 N–H and O–H groups in total. The van der Waals surface area contributed by atoms with Crippen molar-refractivity contribution < 1.29 is 10.0 Å². The Morgan fingerprint density at radius 3 is 2.57 bits per heavy atom. The molecule has 4 nitrogen and oxygen atoms in total. The molecule has 0 aliphatic rings. The van der Waals surface area contributed by atoms with Crippen molar-refractivity contribution in [3.8, 4) is 11.8 Å². The van der Waals surface area contributed by atoms with Gasteiger partial charge in [0.25, 0.3) is 0 Å². The fourth-order valence-electron chi connectivity index (χ4n) is 1.77. The molecular weight excluding hydrogens is 284 g/mol. The fraction of sp³-hybridized carbons (Fsp3) is 0.188. The zero-order chi connectivity index (χ0) is 15.1. The van der Waals surface area contributed by atoms with Crippen LogP contribution in [0.1, 0.15) is 15.3 Å². The van der Waals surface area contributed by atoms with Crippen molar-refractivity contribution in [2.24, 2.45) is 5.73 Å². The molecule has 0 radical (unpaired) electrons. The number of urea groups is 1. The van der Waals surface area contributed by atoms with E-state index >= 15 is 0 Å². The van der Waals surface area contributed by atoms with E-state index in [2.05, 4.69) is 36.1 Å². The molecule has 1 aromatic heterocycles. The Morgan fingerprint density at radius 2 is 1.86 bits per heavy atom. The van der Waals surface area contributed by atoms with Crippen molar-refractivity contribution in [3.05, 3.63) is 57.8 Å². The van der Waals surface area contributed by atoms with E-state index in [4.69, 9.17) is 10.9 Å². The number of nitrogens with two attached hydrogens (primary N) is 1. The summed E-state index contributed by atoms with van der Waals surface area (Å²) in [6, 6.07) is 13.6. The van der Waals surface area contributed by atoms with Crippen molar-refractivity contribution in [2.45, 2.75) is 12.8 Å². The van der Waals surface area contributed by atoms with Crippen LogP contribution in [0.5, 0.6) is 0 Å². The van der Waals surface area contributed by atoms with Crippen molar-refractivity contribution in [2.75, 3.05) is 6.54 Å². The van der Waals surface area contributed by atoms with Crippen LogP contribution >= 0.6 is 11.3 Å². The van der Waals surface area contributed by atoms with E-state index in [1.807, 2.05) is 18.2 Å². The Morgan fingerprint density at radius 1 is 1.14 bits per heavy atom. The number of nitrogens with zero attached hydrogens (tertiary/aromatic N) is 1. The molecule has 2 rings (SSSR count). The van der Waals surface area contributed by atoms with Crippen LogP contribution in [0.15, 0.2) is 42.5 Å². The number of hydrogen-bond donors (Lipinski definition) is 2. The Bertz CT molecular complexity index is 656. The van der Waals surface area contributed by atoms with Crippen LogP contribution in [0, 0.1) is 11.8 Å². The number of thiophene rings is 1. The number of carbonyl (C=O) groups excluding carboxylic acids is 1. The monoisotopic (exact) mass is 300 g/mol. The first-order chi connectivity index (χ1) is 10.1. The largest absolute Gasteiger partial charge is 0.350 e. The number of primary amides is 1. The molecule has 0 atom stereocenters. The average Bonchev–Trinajstić information content (AvgIpc) is 2.92. The van der Waals surface area contributed by atoms with Gasteiger partial charge >= 0.3 is 6.03 Å². The molecule has 0 bridgehead atoms. The highest BCUT2D eigenvalue weighted by Gasteiger charge is 2.02. The highest BCUT2D eigenvalue weighted by molar-refractivity contribution is 7.12. The predicted molar refractivity (Wildman–Crippen MR) is 83.1 cm³/mol. The van der Waals surface area contributed by atoms with Crippen LogP contribution in [0.25, 0.3) is 0 Å². The Kier molecular flexibility index (Phi) is 5.38. The van der Waals surface area contributed by atoms with Crippen LogP contribution in [0.4, 0.5) is 4.79 Å². The first-order valence-corrected chi connectivity index (χ1v) is 7.30. The summed E-state index contributed by atoms with van der Waals surface area (Å²) in [5.41, 5.74) is 6.16. The lowest BCUT2D eigenvalue weighted by atomic mass is 10.1. The molecule has 0 saturated carbocycles. The van der Waals surface area contributed by atoms with E-state index in [1.165, 1.54) is 10.4 Å². The van der Waals surface area contributed by atoms with Crippen molar-refractivity contribution in [3.63, 3.8) is 0 Å². The van der Waals surface area contributed by atoms with Crippen LogP contribution in [-0.4, -0.2) is 22.8 Å². The molecule has 2 aromatic rings. The Hall–Kier alpha value is -2.29. The molecule has 2 amide bonds. The summed E-state index contributed by atoms with van der Waals surface area (Å²) in [4.78, 5) is 13.0. The predicted octanol–water partition coefficient (Wildman–Crippen LogP) is 2.65. The maximum Gasteiger partial charge on any atom is 0.339 e. The average molecular weight is 300 g/mol. The van der Waals surface area contributed by atoms with Gasteiger partial charge in [-0.05, 0) is 17.7 Å². The van der Waals surface area contributed by atoms with E-state index in [-0.39, 0.29) is 6.54 Å². The fourth-order valence-corrected chi connectivity index (χ4v) is 2.76. The molecule has 1 heterocycles. The van der Waals surface area contributed by atoms with E-state index in [0.717, 1.165) is 11.3 Å². The molecule has 0 aliphatic carbocycles. The van der Waals surface area contributed by atoms with Gasteiger partial charge in [0.05, 0.1) is 0 Å². The molecular formula is C16H16N2O2S. The van der Waals surface area contributed by atoms with Gasteiger partial charge < -0.3 is 5.73 Å². The highest BCUT2D eigenvalue weighted by atomic mass is 32.1. The van der Waals surface area contributed by atoms with E-state index in [1.54, 1.807) is 11.3 Å². The summed E-state index contributed by atoms with van der Waals surface area (Å²) in [5, 5.41) is 9.44. The second-order valence-corrected chi connectivity index (χ2v) is 5.71. The number of benzene rings is 1. The summed E-state index contributed by atoms with van der Waals surface area (Å²) in [7, 11) is 0. The molecule has 0 spiro atoms. The first kappa shape index (κ1) is 15.1. The molecule has 0 fully saturated rings. The maximum absolute atomic E-state index is 10.6. The van der Waals surface area contributed by atoms with Gasteiger partial charge in [0, 0.05) is 22.6 Å². The van der Waals surface area contributed by atoms with Gasteiger partial charge in [0.2, 0.25) is 0 Å². The van der Waals surface area contributed by atoms with Gasteiger partial charge in [-0.15, -0.1) is 11.3 Å². The zero-order valence-electron chi connectivity index (χ0n) is 11.5. The summed E-state index contributed by atoms with van der Waals surface area (Å²) in [6.45, 7) is -0.0718. The highest BCUT2D eigenvalue weighted by Crippen LogP contribution is 2.20. The topological polar surface area (TPSA) is 66.6 Å². The van der Waals surface area contributed by atoms with E-state index in [0.29, 0.717) is 11.5 Å². The number of hydrogen-bond acceptors (Lipinski definition) is 3. The second kappa shape index (κ2) is 7.48. The van der Waals surface area contributed by atoms with Crippen LogP contribution in [-0.2, 0) is 12.8 Å². The number of amides is 2. The van der Waals surface area contributed by atoms with Gasteiger partial charge in [-0.1, -0.05) is 42.2 Å². The lowest BCUT2D eigenvalue weighted by Gasteiger charge is -2.05. The summed E-state index contributed by atoms with van der Waals surface area (Å²) in [6.07, 6.45) is 1.52. The minimum Gasteiger partial charge on any atom is -0.350 e. The van der Waals surface area contributed by atoms with Gasteiger partial charge in [0.15, 0.2) is 0 Å². The van der Waals surface area contributed by atoms with Crippen molar-refractivity contribution >= 4 is 17.4 Å². The Balaban J connectivity index is 1.86. The zero-order valence-corrected chi connectivity index (χ0v) is 12.3. The van der Waals surface area contributed by atoms with E-state index in [9.17, 15) is 4.79 Å². The van der Waals surface area contributed by atoms with Gasteiger partial charge in [-0.2, -0.15) is 5.06 Å². The maximum atomic E-state index is 10.6. The van der Waals surface area contributed by atoms with Gasteiger partial charge in [-0.25, -0.2) is 4.79 Å². The summed E-state index contributed by atoms with van der Waals surface area (Å²) < 4.78 is 0. The van der Waals surface area contributed by atoms with Crippen LogP contribution < -0.4 is 5.73 Å². The third kappa shape index (κ3) is 4.95. The standard InChI is InChI=1S/C16H16N2O2S/c17-16(19)18(20)11-5-4-8-14-9-10-15(21-14)12-13-6-2-1-3-7-13/h1-3,6-7,9-10,20H,8,11-12H2,(H2,17,19). The van der Waals surface area contributed by atoms with Crippen molar-refractivity contribution in [1.29, 1.82) is 0 Å².